The highest BCUT2D eigenvalue weighted by Gasteiger charge is 2.35. The molecule has 0 unspecified atom stereocenters. The van der Waals surface area contributed by atoms with Crippen molar-refractivity contribution < 1.29 is 19.2 Å². The zero-order valence-electron chi connectivity index (χ0n) is 16.5. The lowest BCUT2D eigenvalue weighted by atomic mass is 10.0. The van der Waals surface area contributed by atoms with E-state index >= 15 is 0 Å². The quantitative estimate of drug-likeness (QED) is 0.522. The summed E-state index contributed by atoms with van der Waals surface area (Å²) in [5.41, 5.74) is 3.39. The lowest BCUT2D eigenvalue weighted by Gasteiger charge is -2.34. The Balaban J connectivity index is 1.36. The molecule has 0 atom stereocenters. The maximum atomic E-state index is 12.8. The molecule has 10 heteroatoms. The van der Waals surface area contributed by atoms with Gasteiger partial charge in [0.15, 0.2) is 0 Å². The van der Waals surface area contributed by atoms with Crippen molar-refractivity contribution in [1.29, 1.82) is 0 Å². The molecule has 2 N–H and O–H groups in total. The van der Waals surface area contributed by atoms with Crippen LogP contribution in [0, 0.1) is 6.92 Å². The fourth-order valence-electron chi connectivity index (χ4n) is 3.50. The molecule has 1 aliphatic rings. The third-order valence-electron chi connectivity index (χ3n) is 5.36. The minimum absolute atomic E-state index is 0.0995. The number of benzene rings is 1. The molecule has 0 radical (unpaired) electrons. The highest BCUT2D eigenvalue weighted by molar-refractivity contribution is 6.09. The zero-order chi connectivity index (χ0) is 21.5. The molecular weight excluding hydrogens is 400 g/mol. The number of hydrogen-bond acceptors (Lipinski definition) is 6. The summed E-state index contributed by atoms with van der Waals surface area (Å²) in [5, 5.41) is 20.1. The van der Waals surface area contributed by atoms with Gasteiger partial charge in [0.2, 0.25) is 11.7 Å². The van der Waals surface area contributed by atoms with Crippen molar-refractivity contribution in [3.63, 3.8) is 0 Å². The second kappa shape index (κ2) is 7.24. The van der Waals surface area contributed by atoms with Gasteiger partial charge in [-0.15, -0.1) is 0 Å². The van der Waals surface area contributed by atoms with Gasteiger partial charge in [0.05, 0.1) is 23.2 Å². The fraction of sp³-hybridized carbons (Fsp3) is 0.190. The number of rotatable bonds is 4. The Morgan fingerprint density at radius 3 is 2.87 bits per heavy atom. The van der Waals surface area contributed by atoms with Crippen molar-refractivity contribution in [3.05, 3.63) is 65.8 Å². The standard InChI is InChI=1S/C21H18N6O4/c1-12-5-6-13(18-24-20(31-25-18)14-10-26(11-14)21(29)30)8-16(12)23-19(28)15-9-22-27-7-3-2-4-17(15)27/h2-9,14H,10-11H2,1H3,(H,23,28)(H,29,30). The minimum atomic E-state index is -0.957. The van der Waals surface area contributed by atoms with E-state index in [0.717, 1.165) is 5.56 Å². The molecule has 1 aliphatic heterocycles. The van der Waals surface area contributed by atoms with E-state index in [2.05, 4.69) is 20.6 Å². The maximum absolute atomic E-state index is 12.8. The van der Waals surface area contributed by atoms with Gasteiger partial charge < -0.3 is 19.8 Å². The van der Waals surface area contributed by atoms with Gasteiger partial charge in [-0.25, -0.2) is 9.31 Å². The topological polar surface area (TPSA) is 126 Å². The van der Waals surface area contributed by atoms with E-state index < -0.39 is 6.09 Å². The van der Waals surface area contributed by atoms with E-state index in [-0.39, 0.29) is 11.8 Å². The van der Waals surface area contributed by atoms with Gasteiger partial charge in [-0.05, 0) is 30.7 Å². The smallest absolute Gasteiger partial charge is 0.407 e. The van der Waals surface area contributed by atoms with E-state index in [0.29, 0.717) is 47.1 Å². The zero-order valence-corrected chi connectivity index (χ0v) is 16.5. The van der Waals surface area contributed by atoms with Crippen LogP contribution in [0.1, 0.15) is 27.7 Å². The molecule has 1 saturated heterocycles. The summed E-state index contributed by atoms with van der Waals surface area (Å²) in [6.45, 7) is 2.57. The van der Waals surface area contributed by atoms with Crippen LogP contribution in [0.2, 0.25) is 0 Å². The van der Waals surface area contributed by atoms with Crippen molar-refractivity contribution in [2.24, 2.45) is 0 Å². The molecule has 0 saturated carbocycles. The lowest BCUT2D eigenvalue weighted by molar-refractivity contribution is 0.0958. The predicted molar refractivity (Wildman–Crippen MR) is 110 cm³/mol. The Kier molecular flexibility index (Phi) is 4.39. The Labute approximate surface area is 176 Å². The summed E-state index contributed by atoms with van der Waals surface area (Å²) in [4.78, 5) is 29.5. The number of nitrogens with zero attached hydrogens (tertiary/aromatic N) is 5. The summed E-state index contributed by atoms with van der Waals surface area (Å²) in [5.74, 6) is 0.427. The molecule has 4 heterocycles. The number of nitrogens with one attached hydrogen (secondary N) is 1. The summed E-state index contributed by atoms with van der Waals surface area (Å²) in [6.07, 6.45) is 2.36. The molecule has 3 aromatic heterocycles. The third kappa shape index (κ3) is 3.37. The molecule has 0 spiro atoms. The third-order valence-corrected chi connectivity index (χ3v) is 5.36. The van der Waals surface area contributed by atoms with Crippen LogP contribution in [0.3, 0.4) is 0 Å². The molecular formula is C21H18N6O4. The van der Waals surface area contributed by atoms with Crippen LogP contribution >= 0.6 is 0 Å². The van der Waals surface area contributed by atoms with Gasteiger partial charge in [-0.3, -0.25) is 4.79 Å². The van der Waals surface area contributed by atoms with Crippen LogP contribution in [0.25, 0.3) is 16.9 Å². The fourth-order valence-corrected chi connectivity index (χ4v) is 3.50. The van der Waals surface area contributed by atoms with Gasteiger partial charge in [0.25, 0.3) is 5.91 Å². The number of carboxylic acid groups (broad SMARTS) is 1. The van der Waals surface area contributed by atoms with Crippen molar-refractivity contribution >= 4 is 23.2 Å². The Morgan fingerprint density at radius 1 is 1.23 bits per heavy atom. The van der Waals surface area contributed by atoms with Crippen LogP contribution in [-0.4, -0.2) is 54.9 Å². The first-order valence-electron chi connectivity index (χ1n) is 9.66. The second-order valence-corrected chi connectivity index (χ2v) is 7.41. The largest absolute Gasteiger partial charge is 0.465 e. The SMILES string of the molecule is Cc1ccc(-c2noc(C3CN(C(=O)O)C3)n2)cc1NC(=O)c1cnn2ccccc12. The van der Waals surface area contributed by atoms with Crippen LogP contribution in [-0.2, 0) is 0 Å². The number of pyridine rings is 1. The Hall–Kier alpha value is -4.21. The number of aryl methyl sites for hydroxylation is 1. The van der Waals surface area contributed by atoms with E-state index in [1.165, 1.54) is 11.1 Å². The monoisotopic (exact) mass is 418 g/mol. The second-order valence-electron chi connectivity index (χ2n) is 7.41. The highest BCUT2D eigenvalue weighted by atomic mass is 16.5. The molecule has 4 aromatic rings. The first-order valence-corrected chi connectivity index (χ1v) is 9.66. The van der Waals surface area contributed by atoms with E-state index in [1.54, 1.807) is 16.8 Å². The molecule has 1 aromatic carbocycles. The van der Waals surface area contributed by atoms with Crippen molar-refractivity contribution in [2.45, 2.75) is 12.8 Å². The van der Waals surface area contributed by atoms with Gasteiger partial charge >= 0.3 is 6.09 Å². The van der Waals surface area contributed by atoms with Crippen molar-refractivity contribution in [3.8, 4) is 11.4 Å². The highest BCUT2D eigenvalue weighted by Crippen LogP contribution is 2.29. The number of carbonyl (C=O) groups is 2. The Bertz CT molecular complexity index is 1300. The van der Waals surface area contributed by atoms with Gasteiger partial charge in [0.1, 0.15) is 0 Å². The number of fused-ring (bicyclic) bond motifs is 1. The average molecular weight is 418 g/mol. The van der Waals surface area contributed by atoms with Crippen molar-refractivity contribution in [2.75, 3.05) is 18.4 Å². The molecule has 0 aliphatic carbocycles. The minimum Gasteiger partial charge on any atom is -0.465 e. The summed E-state index contributed by atoms with van der Waals surface area (Å²) in [7, 11) is 0. The lowest BCUT2D eigenvalue weighted by Crippen LogP contribution is -2.47. The maximum Gasteiger partial charge on any atom is 0.407 e. The van der Waals surface area contributed by atoms with Gasteiger partial charge in [-0.2, -0.15) is 10.1 Å². The van der Waals surface area contributed by atoms with Crippen molar-refractivity contribution in [1.82, 2.24) is 24.7 Å². The van der Waals surface area contributed by atoms with Crippen LogP contribution in [0.15, 0.2) is 53.3 Å². The van der Waals surface area contributed by atoms with Gasteiger partial charge in [-0.1, -0.05) is 23.4 Å². The van der Waals surface area contributed by atoms with Crippen LogP contribution in [0.4, 0.5) is 10.5 Å². The molecule has 31 heavy (non-hydrogen) atoms. The predicted octanol–water partition coefficient (Wildman–Crippen LogP) is 3.02. The van der Waals surface area contributed by atoms with E-state index in [9.17, 15) is 9.59 Å². The number of hydrogen-bond donors (Lipinski definition) is 2. The van der Waals surface area contributed by atoms with Crippen LogP contribution in [0.5, 0.6) is 0 Å². The first-order chi connectivity index (χ1) is 15.0. The molecule has 2 amide bonds. The molecule has 1 fully saturated rings. The molecule has 5 rings (SSSR count). The first kappa shape index (κ1) is 18.8. The molecule has 156 valence electrons. The van der Waals surface area contributed by atoms with Gasteiger partial charge in [0, 0.05) is 30.5 Å². The summed E-state index contributed by atoms with van der Waals surface area (Å²) < 4.78 is 6.97. The number of amides is 2. The number of anilines is 1. The Morgan fingerprint density at radius 2 is 2.06 bits per heavy atom. The average Bonchev–Trinajstić information content (AvgIpc) is 3.35. The summed E-state index contributed by atoms with van der Waals surface area (Å²) >= 11 is 0. The summed E-state index contributed by atoms with van der Waals surface area (Å²) in [6, 6.07) is 11.0. The number of likely N-dealkylation sites (tertiary alicyclic amines) is 1. The number of aromatic nitrogens is 4. The van der Waals surface area contributed by atoms with E-state index in [4.69, 9.17) is 9.63 Å². The number of carbonyl (C=O) groups excluding carboxylic acids is 1. The van der Waals surface area contributed by atoms with Crippen LogP contribution < -0.4 is 5.32 Å². The normalized spacial score (nSPS) is 13.9. The molecule has 10 nitrogen and oxygen atoms in total. The molecule has 0 bridgehead atoms. The van der Waals surface area contributed by atoms with E-state index in [1.807, 2.05) is 37.3 Å².